The number of phenolic OH excluding ortho intramolecular Hbond substituents is 1. The molecule has 0 spiro atoms. The number of carbonyl (C=O) groups excluding carboxylic acids is 1. The first-order chi connectivity index (χ1) is 13.3. The Hall–Kier alpha value is -2.83. The van der Waals surface area contributed by atoms with E-state index >= 15 is 0 Å². The second kappa shape index (κ2) is 8.04. The Kier molecular flexibility index (Phi) is 5.72. The zero-order valence-corrected chi connectivity index (χ0v) is 16.9. The fourth-order valence-corrected chi connectivity index (χ4v) is 3.79. The van der Waals surface area contributed by atoms with Crippen LogP contribution in [-0.2, 0) is 12.8 Å². The van der Waals surface area contributed by atoms with Crippen LogP contribution in [0.25, 0.3) is 0 Å². The highest BCUT2D eigenvalue weighted by Crippen LogP contribution is 2.34. The average Bonchev–Trinajstić information content (AvgIpc) is 3.05. The number of nitrogens with zero attached hydrogens (tertiary/aromatic N) is 2. The van der Waals surface area contributed by atoms with Crippen LogP contribution in [0, 0.1) is 11.3 Å². The van der Waals surface area contributed by atoms with E-state index in [2.05, 4.69) is 41.5 Å². The van der Waals surface area contributed by atoms with Gasteiger partial charge in [0.15, 0.2) is 17.2 Å². The lowest BCUT2D eigenvalue weighted by Gasteiger charge is -2.28. The van der Waals surface area contributed by atoms with E-state index in [9.17, 15) is 9.90 Å². The molecule has 0 saturated carbocycles. The number of phenols is 1. The molecule has 3 N–H and O–H groups in total. The molecule has 1 aliphatic carbocycles. The van der Waals surface area contributed by atoms with Crippen LogP contribution in [0.3, 0.4) is 0 Å². The summed E-state index contributed by atoms with van der Waals surface area (Å²) in [5.74, 6) is 0.638. The third kappa shape index (κ3) is 4.71. The van der Waals surface area contributed by atoms with Crippen molar-refractivity contribution >= 4 is 12.1 Å². The van der Waals surface area contributed by atoms with Crippen molar-refractivity contribution in [1.29, 1.82) is 0 Å². The lowest BCUT2D eigenvalue weighted by Crippen LogP contribution is -2.24. The zero-order chi connectivity index (χ0) is 20.3. The molecule has 0 bridgehead atoms. The number of hydrogen-bond donors (Lipinski definition) is 3. The summed E-state index contributed by atoms with van der Waals surface area (Å²) in [7, 11) is 1.48. The summed E-state index contributed by atoms with van der Waals surface area (Å²) in [5, 5.41) is 20.9. The number of hydrazone groups is 1. The third-order valence-corrected chi connectivity index (χ3v) is 4.95. The molecule has 2 aromatic rings. The van der Waals surface area contributed by atoms with Gasteiger partial charge >= 0.3 is 0 Å². The van der Waals surface area contributed by atoms with Crippen LogP contribution in [0.1, 0.15) is 60.9 Å². The molecule has 1 atom stereocenters. The van der Waals surface area contributed by atoms with Gasteiger partial charge in [-0.15, -0.1) is 0 Å². The lowest BCUT2D eigenvalue weighted by atomic mass is 9.76. The number of ether oxygens (including phenoxy) is 1. The smallest absolute Gasteiger partial charge is 0.292 e. The van der Waals surface area contributed by atoms with Crippen molar-refractivity contribution in [1.82, 2.24) is 15.6 Å². The third-order valence-electron chi connectivity index (χ3n) is 4.95. The maximum Gasteiger partial charge on any atom is 0.292 e. The molecule has 1 aliphatic rings. The van der Waals surface area contributed by atoms with E-state index in [1.54, 1.807) is 12.1 Å². The predicted octanol–water partition coefficient (Wildman–Crippen LogP) is 3.43. The highest BCUT2D eigenvalue weighted by Gasteiger charge is 2.29. The van der Waals surface area contributed by atoms with Crippen LogP contribution in [0.4, 0.5) is 0 Å². The van der Waals surface area contributed by atoms with Crippen LogP contribution in [0.15, 0.2) is 23.3 Å². The van der Waals surface area contributed by atoms with Crippen molar-refractivity contribution in [2.24, 2.45) is 16.4 Å². The molecule has 0 aliphatic heterocycles. The van der Waals surface area contributed by atoms with Gasteiger partial charge in [0.05, 0.1) is 13.3 Å². The number of H-pyrrole nitrogens is 1. The van der Waals surface area contributed by atoms with Gasteiger partial charge in [0.25, 0.3) is 5.91 Å². The molecule has 1 heterocycles. The number of aromatic hydroxyl groups is 1. The molecule has 7 heteroatoms. The molecule has 7 nitrogen and oxygen atoms in total. The normalized spacial score (nSPS) is 16.8. The molecule has 0 radical (unpaired) electrons. The van der Waals surface area contributed by atoms with Crippen LogP contribution >= 0.6 is 0 Å². The van der Waals surface area contributed by atoms with Crippen molar-refractivity contribution in [2.75, 3.05) is 7.11 Å². The molecule has 1 amide bonds. The van der Waals surface area contributed by atoms with E-state index in [1.807, 2.05) is 0 Å². The fourth-order valence-electron chi connectivity index (χ4n) is 3.79. The van der Waals surface area contributed by atoms with Gasteiger partial charge in [0, 0.05) is 11.3 Å². The molecule has 150 valence electrons. The summed E-state index contributed by atoms with van der Waals surface area (Å²) >= 11 is 0. The van der Waals surface area contributed by atoms with Gasteiger partial charge in [0.2, 0.25) is 0 Å². The van der Waals surface area contributed by atoms with Gasteiger partial charge < -0.3 is 9.84 Å². The number of carbonyl (C=O) groups is 1. The van der Waals surface area contributed by atoms with Crippen molar-refractivity contribution in [2.45, 2.75) is 46.5 Å². The number of amides is 1. The number of hydrogen-bond acceptors (Lipinski definition) is 5. The first kappa shape index (κ1) is 19.9. The van der Waals surface area contributed by atoms with E-state index in [0.29, 0.717) is 22.9 Å². The first-order valence-electron chi connectivity index (χ1n) is 9.53. The summed E-state index contributed by atoms with van der Waals surface area (Å²) in [6.07, 6.45) is 5.53. The second-order valence-corrected chi connectivity index (χ2v) is 8.53. The fraction of sp³-hybridized carbons (Fsp3) is 0.476. The largest absolute Gasteiger partial charge is 0.504 e. The summed E-state index contributed by atoms with van der Waals surface area (Å²) < 4.78 is 5.07. The van der Waals surface area contributed by atoms with Crippen molar-refractivity contribution in [3.63, 3.8) is 0 Å². The maximum atomic E-state index is 12.6. The Balaban J connectivity index is 1.67. The molecule has 0 fully saturated rings. The number of nitrogens with one attached hydrogen (secondary N) is 2. The van der Waals surface area contributed by atoms with Crippen molar-refractivity contribution in [3.05, 3.63) is 40.7 Å². The molecule has 0 unspecified atom stereocenters. The van der Waals surface area contributed by atoms with Crippen LogP contribution in [-0.4, -0.2) is 34.5 Å². The molecule has 3 rings (SSSR count). The zero-order valence-electron chi connectivity index (χ0n) is 16.9. The Bertz CT molecular complexity index is 880. The predicted molar refractivity (Wildman–Crippen MR) is 108 cm³/mol. The standard InChI is InChI=1S/C21H28N4O3/c1-21(2,3)11-13-5-7-16-15(9-13)19(24-23-16)20(27)25-22-12-14-6-8-17(26)18(10-14)28-4/h6,8,10,12-13,26H,5,7,9,11H2,1-4H3,(H,23,24)(H,25,27)/b22-12-/t13-/m1/s1. The highest BCUT2D eigenvalue weighted by atomic mass is 16.5. The van der Waals surface area contributed by atoms with E-state index < -0.39 is 0 Å². The minimum Gasteiger partial charge on any atom is -0.504 e. The molecule has 1 aromatic heterocycles. The number of methoxy groups -OCH3 is 1. The lowest BCUT2D eigenvalue weighted by molar-refractivity contribution is 0.0948. The van der Waals surface area contributed by atoms with Gasteiger partial charge in [-0.2, -0.15) is 10.2 Å². The molecule has 1 aromatic carbocycles. The second-order valence-electron chi connectivity index (χ2n) is 8.53. The highest BCUT2D eigenvalue weighted by molar-refractivity contribution is 5.94. The topological polar surface area (TPSA) is 99.6 Å². The van der Waals surface area contributed by atoms with Crippen LogP contribution < -0.4 is 10.2 Å². The Morgan fingerprint density at radius 3 is 2.96 bits per heavy atom. The minimum absolute atomic E-state index is 0.0525. The van der Waals surface area contributed by atoms with Crippen molar-refractivity contribution in [3.8, 4) is 11.5 Å². The molecule has 28 heavy (non-hydrogen) atoms. The number of aryl methyl sites for hydroxylation is 1. The number of aromatic nitrogens is 2. The summed E-state index contributed by atoms with van der Waals surface area (Å²) in [6.45, 7) is 6.75. The van der Waals surface area contributed by atoms with E-state index in [1.165, 1.54) is 19.4 Å². The van der Waals surface area contributed by atoms with Gasteiger partial charge in [-0.25, -0.2) is 5.43 Å². The van der Waals surface area contributed by atoms with Gasteiger partial charge in [-0.1, -0.05) is 20.8 Å². The van der Waals surface area contributed by atoms with Crippen LogP contribution in [0.2, 0.25) is 0 Å². The van der Waals surface area contributed by atoms with E-state index in [0.717, 1.165) is 36.9 Å². The molecular formula is C21H28N4O3. The van der Waals surface area contributed by atoms with Gasteiger partial charge in [-0.3, -0.25) is 9.89 Å². The monoisotopic (exact) mass is 384 g/mol. The minimum atomic E-state index is -0.323. The van der Waals surface area contributed by atoms with Crippen LogP contribution in [0.5, 0.6) is 11.5 Å². The number of rotatable bonds is 5. The maximum absolute atomic E-state index is 12.6. The Labute approximate surface area is 165 Å². The first-order valence-corrected chi connectivity index (χ1v) is 9.53. The van der Waals surface area contributed by atoms with E-state index in [4.69, 9.17) is 4.74 Å². The number of aromatic amines is 1. The van der Waals surface area contributed by atoms with E-state index in [-0.39, 0.29) is 17.1 Å². The number of benzene rings is 1. The SMILES string of the molecule is COc1cc(/C=N\NC(=O)c2n[nH]c3c2C[C@H](CC(C)(C)C)CC3)ccc1O. The Morgan fingerprint density at radius 2 is 2.25 bits per heavy atom. The Morgan fingerprint density at radius 1 is 1.46 bits per heavy atom. The quantitative estimate of drug-likeness (QED) is 0.543. The van der Waals surface area contributed by atoms with Gasteiger partial charge in [0.1, 0.15) is 0 Å². The summed E-state index contributed by atoms with van der Waals surface area (Å²) in [5.41, 5.74) is 6.01. The summed E-state index contributed by atoms with van der Waals surface area (Å²) in [4.78, 5) is 12.6. The average molecular weight is 384 g/mol. The summed E-state index contributed by atoms with van der Waals surface area (Å²) in [6, 6.07) is 4.83. The van der Waals surface area contributed by atoms with Gasteiger partial charge in [-0.05, 0) is 60.8 Å². The molecule has 0 saturated heterocycles. The van der Waals surface area contributed by atoms with Crippen molar-refractivity contribution < 1.29 is 14.6 Å². The molecular weight excluding hydrogens is 356 g/mol. The number of fused-ring (bicyclic) bond motifs is 1.